The van der Waals surface area contributed by atoms with Gasteiger partial charge in [-0.05, 0) is 13.3 Å². The Morgan fingerprint density at radius 2 is 2.17 bits per heavy atom. The van der Waals surface area contributed by atoms with Crippen LogP contribution < -0.4 is 0 Å². The predicted octanol–water partition coefficient (Wildman–Crippen LogP) is 1.65. The third-order valence-corrected chi connectivity index (χ3v) is 1.32. The van der Waals surface area contributed by atoms with Crippen molar-refractivity contribution in [3.8, 4) is 0 Å². The van der Waals surface area contributed by atoms with Crippen molar-refractivity contribution in [2.75, 3.05) is 6.61 Å². The fourth-order valence-electron chi connectivity index (χ4n) is 0.678. The van der Waals surface area contributed by atoms with Gasteiger partial charge in [-0.25, -0.2) is 4.79 Å². The van der Waals surface area contributed by atoms with Crippen molar-refractivity contribution in [1.82, 2.24) is 0 Å². The highest BCUT2D eigenvalue weighted by molar-refractivity contribution is 6.35. The average Bonchev–Trinajstić information content (AvgIpc) is 2.04. The first-order valence-corrected chi connectivity index (χ1v) is 4.14. The molecule has 0 aromatic rings. The molecule has 0 aromatic heterocycles. The lowest BCUT2D eigenvalue weighted by Gasteiger charge is -1.99. The van der Waals surface area contributed by atoms with E-state index < -0.39 is 5.97 Å². The van der Waals surface area contributed by atoms with Crippen LogP contribution in [0, 0.1) is 0 Å². The summed E-state index contributed by atoms with van der Waals surface area (Å²) in [6.45, 7) is 4.17. The molecule has 4 heteroatoms. The zero-order valence-electron chi connectivity index (χ0n) is 7.54. The van der Waals surface area contributed by atoms with Crippen molar-refractivity contribution in [2.45, 2.75) is 33.1 Å². The van der Waals surface area contributed by atoms with Crippen LogP contribution in [0.5, 0.6) is 0 Å². The maximum atomic E-state index is 10.5. The molecule has 1 N–H and O–H groups in total. The molecule has 0 atom stereocenters. The molecule has 0 rings (SSSR count). The minimum absolute atomic E-state index is 0.110. The van der Waals surface area contributed by atoms with Gasteiger partial charge in [-0.2, -0.15) is 0 Å². The smallest absolute Gasteiger partial charge is 0.353 e. The van der Waals surface area contributed by atoms with Crippen molar-refractivity contribution < 1.29 is 14.7 Å². The van der Waals surface area contributed by atoms with Crippen LogP contribution in [-0.4, -0.2) is 23.4 Å². The fraction of sp³-hybridized carbons (Fsp3) is 0.750. The van der Waals surface area contributed by atoms with E-state index in [4.69, 9.17) is 5.11 Å². The molecule has 0 aliphatic rings. The van der Waals surface area contributed by atoms with Crippen LogP contribution >= 0.6 is 0 Å². The Balaban J connectivity index is 3.94. The van der Waals surface area contributed by atoms with E-state index in [1.54, 1.807) is 6.92 Å². The van der Waals surface area contributed by atoms with Crippen LogP contribution in [0.15, 0.2) is 5.16 Å². The first-order chi connectivity index (χ1) is 5.72. The summed E-state index contributed by atoms with van der Waals surface area (Å²) in [6.07, 6.45) is 2.27. The van der Waals surface area contributed by atoms with Crippen LogP contribution in [0.2, 0.25) is 0 Å². The molecule has 70 valence electrons. The molecule has 0 fully saturated rings. The highest BCUT2D eigenvalue weighted by Gasteiger charge is 2.08. The lowest BCUT2D eigenvalue weighted by molar-refractivity contribution is -0.129. The highest BCUT2D eigenvalue weighted by atomic mass is 16.6. The van der Waals surface area contributed by atoms with E-state index in [-0.39, 0.29) is 5.71 Å². The topological polar surface area (TPSA) is 58.9 Å². The molecule has 0 bridgehead atoms. The molecule has 0 spiro atoms. The van der Waals surface area contributed by atoms with Crippen molar-refractivity contribution in [3.63, 3.8) is 0 Å². The van der Waals surface area contributed by atoms with Gasteiger partial charge in [-0.3, -0.25) is 0 Å². The first kappa shape index (κ1) is 10.9. The third-order valence-electron chi connectivity index (χ3n) is 1.32. The molecule has 0 unspecified atom stereocenters. The molecule has 12 heavy (non-hydrogen) atoms. The lowest BCUT2D eigenvalue weighted by atomic mass is 10.2. The Hall–Kier alpha value is -1.06. The molecule has 0 heterocycles. The number of unbranched alkanes of at least 4 members (excludes halogenated alkanes) is 1. The maximum Gasteiger partial charge on any atom is 0.353 e. The summed E-state index contributed by atoms with van der Waals surface area (Å²) in [5, 5.41) is 12.1. The van der Waals surface area contributed by atoms with Crippen LogP contribution in [0.4, 0.5) is 0 Å². The molecular weight excluding hydrogens is 158 g/mol. The summed E-state index contributed by atoms with van der Waals surface area (Å²) in [4.78, 5) is 15.2. The zero-order valence-corrected chi connectivity index (χ0v) is 7.54. The van der Waals surface area contributed by atoms with Gasteiger partial charge in [0.2, 0.25) is 0 Å². The van der Waals surface area contributed by atoms with Gasteiger partial charge in [0.15, 0.2) is 5.71 Å². The molecule has 0 amide bonds. The standard InChI is InChI=1S/C8H15NO3/c1-3-5-6-7(8(10)11)9-12-4-2/h3-6H2,1-2H3,(H,10,11). The predicted molar refractivity (Wildman–Crippen MR) is 46.2 cm³/mol. The second kappa shape index (κ2) is 6.64. The number of carboxylic acids is 1. The number of oxime groups is 1. The second-order valence-corrected chi connectivity index (χ2v) is 2.36. The lowest BCUT2D eigenvalue weighted by Crippen LogP contribution is -2.13. The van der Waals surface area contributed by atoms with Gasteiger partial charge in [-0.1, -0.05) is 18.5 Å². The van der Waals surface area contributed by atoms with Crippen molar-refractivity contribution in [2.24, 2.45) is 5.16 Å². The molecule has 0 aliphatic heterocycles. The van der Waals surface area contributed by atoms with Gasteiger partial charge in [-0.15, -0.1) is 0 Å². The summed E-state index contributed by atoms with van der Waals surface area (Å²) in [7, 11) is 0. The van der Waals surface area contributed by atoms with Gasteiger partial charge in [0, 0.05) is 6.42 Å². The van der Waals surface area contributed by atoms with Gasteiger partial charge in [0.25, 0.3) is 0 Å². The fourth-order valence-corrected chi connectivity index (χ4v) is 0.678. The van der Waals surface area contributed by atoms with Crippen molar-refractivity contribution in [1.29, 1.82) is 0 Å². The van der Waals surface area contributed by atoms with E-state index >= 15 is 0 Å². The summed E-state index contributed by atoms with van der Waals surface area (Å²) in [5.74, 6) is -0.989. The number of hydrogen-bond donors (Lipinski definition) is 1. The Labute approximate surface area is 72.2 Å². The third kappa shape index (κ3) is 4.71. The number of hydrogen-bond acceptors (Lipinski definition) is 3. The van der Waals surface area contributed by atoms with Crippen LogP contribution in [0.3, 0.4) is 0 Å². The molecule has 0 radical (unpaired) electrons. The van der Waals surface area contributed by atoms with E-state index in [2.05, 4.69) is 9.99 Å². The minimum atomic E-state index is -0.989. The Morgan fingerprint density at radius 1 is 1.50 bits per heavy atom. The highest BCUT2D eigenvalue weighted by Crippen LogP contribution is 1.98. The largest absolute Gasteiger partial charge is 0.477 e. The SMILES string of the molecule is CCCCC(=NOCC)C(=O)O. The number of carboxylic acid groups (broad SMARTS) is 1. The summed E-state index contributed by atoms with van der Waals surface area (Å²) in [6, 6.07) is 0. The van der Waals surface area contributed by atoms with E-state index in [1.165, 1.54) is 0 Å². The molecular formula is C8H15NO3. The Kier molecular flexibility index (Phi) is 6.05. The summed E-state index contributed by atoms with van der Waals surface area (Å²) >= 11 is 0. The second-order valence-electron chi connectivity index (χ2n) is 2.36. The van der Waals surface area contributed by atoms with Crippen molar-refractivity contribution in [3.05, 3.63) is 0 Å². The van der Waals surface area contributed by atoms with Crippen LogP contribution in [0.1, 0.15) is 33.1 Å². The van der Waals surface area contributed by atoms with Gasteiger partial charge in [0.1, 0.15) is 6.61 Å². The molecule has 0 aliphatic carbocycles. The molecule has 0 aromatic carbocycles. The van der Waals surface area contributed by atoms with E-state index in [9.17, 15) is 4.79 Å². The monoisotopic (exact) mass is 173 g/mol. The maximum absolute atomic E-state index is 10.5. The number of nitrogens with zero attached hydrogens (tertiary/aromatic N) is 1. The molecule has 0 saturated carbocycles. The minimum Gasteiger partial charge on any atom is -0.477 e. The van der Waals surface area contributed by atoms with Crippen LogP contribution in [-0.2, 0) is 9.63 Å². The zero-order chi connectivity index (χ0) is 9.40. The Bertz CT molecular complexity index is 166. The summed E-state index contributed by atoms with van der Waals surface area (Å²) in [5.41, 5.74) is 0.110. The number of rotatable bonds is 6. The average molecular weight is 173 g/mol. The van der Waals surface area contributed by atoms with Gasteiger partial charge < -0.3 is 9.94 Å². The van der Waals surface area contributed by atoms with Gasteiger partial charge >= 0.3 is 5.97 Å². The van der Waals surface area contributed by atoms with E-state index in [0.717, 1.165) is 12.8 Å². The van der Waals surface area contributed by atoms with Gasteiger partial charge in [0.05, 0.1) is 0 Å². The summed E-state index contributed by atoms with van der Waals surface area (Å²) < 4.78 is 0. The quantitative estimate of drug-likeness (QED) is 0.490. The number of aliphatic carboxylic acids is 1. The van der Waals surface area contributed by atoms with Crippen LogP contribution in [0.25, 0.3) is 0 Å². The number of carbonyl (C=O) groups is 1. The van der Waals surface area contributed by atoms with E-state index in [1.807, 2.05) is 6.92 Å². The molecule has 0 saturated heterocycles. The Morgan fingerprint density at radius 3 is 2.58 bits per heavy atom. The molecule has 4 nitrogen and oxygen atoms in total. The first-order valence-electron chi connectivity index (χ1n) is 4.14. The normalized spacial score (nSPS) is 11.3. The van der Waals surface area contributed by atoms with E-state index in [0.29, 0.717) is 13.0 Å². The van der Waals surface area contributed by atoms with Crippen molar-refractivity contribution >= 4 is 11.7 Å².